The highest BCUT2D eigenvalue weighted by Crippen LogP contribution is 2.23. The van der Waals surface area contributed by atoms with E-state index < -0.39 is 11.5 Å². The molecule has 0 aliphatic carbocycles. The maximum atomic E-state index is 13.0. The first-order valence-corrected chi connectivity index (χ1v) is 7.92. The summed E-state index contributed by atoms with van der Waals surface area (Å²) in [6.45, 7) is 7.22. The van der Waals surface area contributed by atoms with E-state index in [1.807, 2.05) is 0 Å². The van der Waals surface area contributed by atoms with Crippen LogP contribution in [0, 0.1) is 5.82 Å². The number of rotatable bonds is 6. The zero-order valence-corrected chi connectivity index (χ0v) is 13.7. The fourth-order valence-corrected chi connectivity index (χ4v) is 2.58. The van der Waals surface area contributed by atoms with Crippen LogP contribution in [0.5, 0.6) is 0 Å². The van der Waals surface area contributed by atoms with Gasteiger partial charge < -0.3 is 15.2 Å². The van der Waals surface area contributed by atoms with Gasteiger partial charge in [0, 0.05) is 26.2 Å². The summed E-state index contributed by atoms with van der Waals surface area (Å²) in [7, 11) is 0. The lowest BCUT2D eigenvalue weighted by Gasteiger charge is -2.29. The molecule has 23 heavy (non-hydrogen) atoms. The zero-order valence-electron chi connectivity index (χ0n) is 13.7. The minimum atomic E-state index is -0.785. The van der Waals surface area contributed by atoms with Gasteiger partial charge in [0.2, 0.25) is 5.91 Å². The van der Waals surface area contributed by atoms with Gasteiger partial charge in [0.05, 0.1) is 24.7 Å². The van der Waals surface area contributed by atoms with Crippen LogP contribution in [0.15, 0.2) is 24.3 Å². The Kier molecular flexibility index (Phi) is 6.10. The van der Waals surface area contributed by atoms with Crippen LogP contribution in [0.3, 0.4) is 0 Å². The Morgan fingerprint density at radius 3 is 2.57 bits per heavy atom. The van der Waals surface area contributed by atoms with Gasteiger partial charge in [-0.3, -0.25) is 9.69 Å². The van der Waals surface area contributed by atoms with Gasteiger partial charge in [-0.25, -0.2) is 4.39 Å². The summed E-state index contributed by atoms with van der Waals surface area (Å²) >= 11 is 0. The van der Waals surface area contributed by atoms with Crippen molar-refractivity contribution in [1.82, 2.24) is 10.2 Å². The molecular formula is C17H25FN2O3. The van der Waals surface area contributed by atoms with Crippen molar-refractivity contribution in [3.63, 3.8) is 0 Å². The van der Waals surface area contributed by atoms with E-state index >= 15 is 0 Å². The first-order valence-electron chi connectivity index (χ1n) is 7.92. The van der Waals surface area contributed by atoms with E-state index in [1.165, 1.54) is 12.1 Å². The maximum Gasteiger partial charge on any atom is 0.230 e. The number of hydrogen-bond acceptors (Lipinski definition) is 4. The van der Waals surface area contributed by atoms with E-state index in [1.54, 1.807) is 26.0 Å². The molecule has 0 radical (unpaired) electrons. The second-order valence-corrected chi connectivity index (χ2v) is 6.41. The molecule has 1 heterocycles. The third-order valence-corrected chi connectivity index (χ3v) is 4.20. The highest BCUT2D eigenvalue weighted by atomic mass is 19.1. The minimum absolute atomic E-state index is 0.190. The smallest absolute Gasteiger partial charge is 0.230 e. The van der Waals surface area contributed by atoms with Gasteiger partial charge in [-0.2, -0.15) is 0 Å². The zero-order chi connectivity index (χ0) is 16.9. The summed E-state index contributed by atoms with van der Waals surface area (Å²) in [6, 6.07) is 5.91. The molecule has 6 heteroatoms. The molecule has 1 amide bonds. The Balaban J connectivity index is 1.83. The van der Waals surface area contributed by atoms with E-state index in [-0.39, 0.29) is 18.3 Å². The Morgan fingerprint density at radius 1 is 1.35 bits per heavy atom. The van der Waals surface area contributed by atoms with Gasteiger partial charge >= 0.3 is 0 Å². The van der Waals surface area contributed by atoms with Gasteiger partial charge in [0.15, 0.2) is 0 Å². The van der Waals surface area contributed by atoms with Crippen molar-refractivity contribution >= 4 is 5.91 Å². The van der Waals surface area contributed by atoms with Crippen molar-refractivity contribution in [3.05, 3.63) is 35.6 Å². The van der Waals surface area contributed by atoms with Crippen LogP contribution in [-0.4, -0.2) is 61.4 Å². The van der Waals surface area contributed by atoms with Crippen molar-refractivity contribution in [2.24, 2.45) is 0 Å². The summed E-state index contributed by atoms with van der Waals surface area (Å²) < 4.78 is 18.3. The molecule has 0 bridgehead atoms. The van der Waals surface area contributed by atoms with Gasteiger partial charge in [-0.1, -0.05) is 12.1 Å². The van der Waals surface area contributed by atoms with Crippen LogP contribution >= 0.6 is 0 Å². The predicted octanol–water partition coefficient (Wildman–Crippen LogP) is 0.913. The third-order valence-electron chi connectivity index (χ3n) is 4.20. The number of carbonyl (C=O) groups is 1. The Morgan fingerprint density at radius 2 is 1.96 bits per heavy atom. The largest absolute Gasteiger partial charge is 0.390 e. The van der Waals surface area contributed by atoms with E-state index in [2.05, 4.69) is 10.2 Å². The van der Waals surface area contributed by atoms with Crippen LogP contribution in [0.1, 0.15) is 19.4 Å². The average molecular weight is 324 g/mol. The van der Waals surface area contributed by atoms with Crippen molar-refractivity contribution in [3.8, 4) is 0 Å². The summed E-state index contributed by atoms with van der Waals surface area (Å²) in [4.78, 5) is 14.5. The molecule has 1 unspecified atom stereocenters. The number of hydrogen-bond donors (Lipinski definition) is 2. The number of aliphatic hydroxyl groups is 1. The van der Waals surface area contributed by atoms with E-state index in [0.717, 1.165) is 18.7 Å². The van der Waals surface area contributed by atoms with Crippen LogP contribution in [0.25, 0.3) is 0 Å². The molecule has 128 valence electrons. The average Bonchev–Trinajstić information content (AvgIpc) is 2.54. The van der Waals surface area contributed by atoms with Gasteiger partial charge in [0.1, 0.15) is 5.82 Å². The van der Waals surface area contributed by atoms with E-state index in [9.17, 15) is 14.3 Å². The van der Waals surface area contributed by atoms with E-state index in [0.29, 0.717) is 19.8 Å². The molecule has 2 N–H and O–H groups in total. The second-order valence-electron chi connectivity index (χ2n) is 6.41. The maximum absolute atomic E-state index is 13.0. The van der Waals surface area contributed by atoms with Crippen LogP contribution in [0.4, 0.5) is 4.39 Å². The first-order chi connectivity index (χ1) is 10.9. The number of halogens is 1. The monoisotopic (exact) mass is 324 g/mol. The lowest BCUT2D eigenvalue weighted by Crippen LogP contribution is -2.47. The highest BCUT2D eigenvalue weighted by molar-refractivity contribution is 5.87. The fourth-order valence-electron chi connectivity index (χ4n) is 2.58. The Hall–Kier alpha value is -1.50. The summed E-state index contributed by atoms with van der Waals surface area (Å²) in [5, 5.41) is 12.9. The van der Waals surface area contributed by atoms with Crippen LogP contribution in [-0.2, 0) is 14.9 Å². The molecular weight excluding hydrogens is 299 g/mol. The number of nitrogens with one attached hydrogen (secondary N) is 1. The van der Waals surface area contributed by atoms with Crippen LogP contribution in [0.2, 0.25) is 0 Å². The third kappa shape index (κ3) is 4.99. The number of aliphatic hydroxyl groups excluding tert-OH is 1. The quantitative estimate of drug-likeness (QED) is 0.817. The summed E-state index contributed by atoms with van der Waals surface area (Å²) in [5.41, 5.74) is -0.0501. The molecule has 1 atom stereocenters. The lowest BCUT2D eigenvalue weighted by atomic mass is 9.83. The molecule has 1 aromatic rings. The van der Waals surface area contributed by atoms with Crippen LogP contribution < -0.4 is 5.32 Å². The number of carbonyl (C=O) groups excluding carboxylic acids is 1. The molecule has 0 saturated carbocycles. The minimum Gasteiger partial charge on any atom is -0.390 e. The summed E-state index contributed by atoms with van der Waals surface area (Å²) in [5.74, 6) is -0.518. The molecule has 0 aromatic heterocycles. The molecule has 1 saturated heterocycles. The lowest BCUT2D eigenvalue weighted by molar-refractivity contribution is -0.126. The molecule has 2 rings (SSSR count). The molecule has 1 aliphatic heterocycles. The van der Waals surface area contributed by atoms with Crippen molar-refractivity contribution in [2.45, 2.75) is 25.4 Å². The SMILES string of the molecule is CC(C)(C(=O)NCC(O)CN1CCOCC1)c1ccc(F)cc1. The molecule has 1 fully saturated rings. The molecule has 1 aromatic carbocycles. The topological polar surface area (TPSA) is 61.8 Å². The fraction of sp³-hybridized carbons (Fsp3) is 0.588. The number of β-amino-alcohol motifs (C(OH)–C–C–N with tert-alkyl or cyclic N) is 1. The number of amides is 1. The first kappa shape index (κ1) is 17.8. The normalized spacial score (nSPS) is 17.7. The van der Waals surface area contributed by atoms with Crippen molar-refractivity contribution < 1.29 is 19.0 Å². The number of morpholine rings is 1. The molecule has 1 aliphatic rings. The highest BCUT2D eigenvalue weighted by Gasteiger charge is 2.30. The van der Waals surface area contributed by atoms with E-state index in [4.69, 9.17) is 4.74 Å². The number of benzene rings is 1. The number of ether oxygens (including phenoxy) is 1. The Bertz CT molecular complexity index is 513. The molecule has 0 spiro atoms. The van der Waals surface area contributed by atoms with Gasteiger partial charge in [-0.05, 0) is 31.5 Å². The van der Waals surface area contributed by atoms with Crippen molar-refractivity contribution in [1.29, 1.82) is 0 Å². The molecule has 5 nitrogen and oxygen atoms in total. The standard InChI is InChI=1S/C17H25FN2O3/c1-17(2,13-3-5-14(18)6-4-13)16(22)19-11-15(21)12-20-7-9-23-10-8-20/h3-6,15,21H,7-12H2,1-2H3,(H,19,22). The predicted molar refractivity (Wildman–Crippen MR) is 85.7 cm³/mol. The Labute approximate surface area is 136 Å². The van der Waals surface area contributed by atoms with Gasteiger partial charge in [0.25, 0.3) is 0 Å². The summed E-state index contributed by atoms with van der Waals surface area (Å²) in [6.07, 6.45) is -0.624. The second kappa shape index (κ2) is 7.86. The van der Waals surface area contributed by atoms with Gasteiger partial charge in [-0.15, -0.1) is 0 Å². The number of nitrogens with zero attached hydrogens (tertiary/aromatic N) is 1. The van der Waals surface area contributed by atoms with Crippen molar-refractivity contribution in [2.75, 3.05) is 39.4 Å².